The molecule has 4 rings (SSSR count). The minimum Gasteiger partial charge on any atom is -0.322 e. The van der Waals surface area contributed by atoms with Crippen LogP contribution in [0.4, 0.5) is 5.69 Å². The van der Waals surface area contributed by atoms with E-state index in [2.05, 4.69) is 10.4 Å². The van der Waals surface area contributed by atoms with E-state index in [0.717, 1.165) is 36.3 Å². The van der Waals surface area contributed by atoms with Crippen LogP contribution in [0.3, 0.4) is 0 Å². The number of carbonyl (C=O) groups excluding carboxylic acids is 1. The summed E-state index contributed by atoms with van der Waals surface area (Å²) in [7, 11) is -3.58. The van der Waals surface area contributed by atoms with Crippen molar-refractivity contribution in [1.82, 2.24) is 14.1 Å². The Kier molecular flexibility index (Phi) is 6.17. The van der Waals surface area contributed by atoms with E-state index >= 15 is 0 Å². The van der Waals surface area contributed by atoms with Crippen LogP contribution in [-0.2, 0) is 10.0 Å². The number of sulfonamides is 1. The van der Waals surface area contributed by atoms with E-state index in [0.29, 0.717) is 29.9 Å². The van der Waals surface area contributed by atoms with E-state index in [4.69, 9.17) is 0 Å². The lowest BCUT2D eigenvalue weighted by molar-refractivity contribution is 0.102. The molecule has 3 aromatic rings. The average Bonchev–Trinajstić information content (AvgIpc) is 3.13. The molecule has 1 saturated heterocycles. The third-order valence-electron chi connectivity index (χ3n) is 5.76. The van der Waals surface area contributed by atoms with Crippen LogP contribution in [0.25, 0.3) is 5.69 Å². The predicted molar refractivity (Wildman–Crippen MR) is 125 cm³/mol. The summed E-state index contributed by atoms with van der Waals surface area (Å²) in [6.07, 6.45) is 2.81. The average molecular weight is 453 g/mol. The van der Waals surface area contributed by atoms with Crippen molar-refractivity contribution in [2.75, 3.05) is 18.4 Å². The van der Waals surface area contributed by atoms with Gasteiger partial charge in [-0.3, -0.25) is 4.79 Å². The molecule has 0 spiro atoms. The number of benzene rings is 2. The second kappa shape index (κ2) is 8.88. The summed E-state index contributed by atoms with van der Waals surface area (Å²) < 4.78 is 29.6. The zero-order valence-corrected chi connectivity index (χ0v) is 19.4. The second-order valence-corrected chi connectivity index (χ2v) is 10.2. The number of piperidine rings is 1. The summed E-state index contributed by atoms with van der Waals surface area (Å²) >= 11 is 0. The lowest BCUT2D eigenvalue weighted by Crippen LogP contribution is -2.36. The van der Waals surface area contributed by atoms with E-state index in [1.54, 1.807) is 41.6 Å². The smallest absolute Gasteiger partial charge is 0.255 e. The molecule has 2 aromatic carbocycles. The quantitative estimate of drug-likeness (QED) is 0.628. The van der Waals surface area contributed by atoms with Crippen LogP contribution >= 0.6 is 0 Å². The van der Waals surface area contributed by atoms with Gasteiger partial charge < -0.3 is 5.32 Å². The van der Waals surface area contributed by atoms with Crippen LogP contribution in [0.15, 0.2) is 53.4 Å². The predicted octanol–water partition coefficient (Wildman–Crippen LogP) is 4.22. The Balaban J connectivity index is 1.53. The lowest BCUT2D eigenvalue weighted by atomic mass is 10.1. The van der Waals surface area contributed by atoms with Crippen molar-refractivity contribution >= 4 is 21.6 Å². The van der Waals surface area contributed by atoms with Crippen LogP contribution in [-0.4, -0.2) is 41.5 Å². The molecule has 7 nitrogen and oxygen atoms in total. The van der Waals surface area contributed by atoms with Crippen molar-refractivity contribution in [2.45, 2.75) is 44.9 Å². The summed E-state index contributed by atoms with van der Waals surface area (Å²) in [5.74, 6) is -0.296. The zero-order chi connectivity index (χ0) is 22.9. The standard InChI is InChI=1S/C24H28N4O3S/c1-17-7-10-21(16-23(17)32(30,31)27-13-5-4-6-14-27)25-24(29)20-8-11-22(12-9-20)28-19(3)15-18(2)26-28/h7-12,15-16H,4-6,13-14H2,1-3H3,(H,25,29). The summed E-state index contributed by atoms with van der Waals surface area (Å²) in [6.45, 7) is 6.78. The Bertz CT molecular complexity index is 1240. The number of aromatic nitrogens is 2. The van der Waals surface area contributed by atoms with Gasteiger partial charge in [0, 0.05) is 30.0 Å². The maximum Gasteiger partial charge on any atom is 0.255 e. The Morgan fingerprint density at radius 2 is 1.62 bits per heavy atom. The van der Waals surface area contributed by atoms with Gasteiger partial charge in [0.1, 0.15) is 0 Å². The molecule has 1 aliphatic heterocycles. The van der Waals surface area contributed by atoms with Gasteiger partial charge in [0.25, 0.3) is 5.91 Å². The lowest BCUT2D eigenvalue weighted by Gasteiger charge is -2.26. The van der Waals surface area contributed by atoms with E-state index in [1.165, 1.54) is 0 Å². The molecule has 168 valence electrons. The van der Waals surface area contributed by atoms with Gasteiger partial charge in [-0.25, -0.2) is 13.1 Å². The number of rotatable bonds is 5. The van der Waals surface area contributed by atoms with Gasteiger partial charge in [0.15, 0.2) is 0 Å². The molecule has 32 heavy (non-hydrogen) atoms. The number of carbonyl (C=O) groups is 1. The van der Waals surface area contributed by atoms with Crippen molar-refractivity contribution in [3.8, 4) is 5.69 Å². The van der Waals surface area contributed by atoms with Crippen molar-refractivity contribution in [1.29, 1.82) is 0 Å². The molecule has 8 heteroatoms. The van der Waals surface area contributed by atoms with Crippen LogP contribution in [0.1, 0.15) is 46.6 Å². The van der Waals surface area contributed by atoms with Crippen LogP contribution in [0.5, 0.6) is 0 Å². The molecule has 0 saturated carbocycles. The Labute approximate surface area is 189 Å². The molecule has 0 radical (unpaired) electrons. The fourth-order valence-corrected chi connectivity index (χ4v) is 5.82. The van der Waals surface area contributed by atoms with Crippen molar-refractivity contribution in [3.63, 3.8) is 0 Å². The Morgan fingerprint density at radius 1 is 0.938 bits per heavy atom. The minimum absolute atomic E-state index is 0.247. The highest BCUT2D eigenvalue weighted by Crippen LogP contribution is 2.26. The topological polar surface area (TPSA) is 84.3 Å². The largest absolute Gasteiger partial charge is 0.322 e. The molecular weight excluding hydrogens is 424 g/mol. The van der Waals surface area contributed by atoms with Crippen molar-refractivity contribution in [2.24, 2.45) is 0 Å². The summed E-state index contributed by atoms with van der Waals surface area (Å²) in [5.41, 5.74) is 4.43. The van der Waals surface area contributed by atoms with Gasteiger partial charge in [-0.15, -0.1) is 0 Å². The third-order valence-corrected chi connectivity index (χ3v) is 7.80. The van der Waals surface area contributed by atoms with Gasteiger partial charge in [-0.2, -0.15) is 9.40 Å². The molecular formula is C24H28N4O3S. The highest BCUT2D eigenvalue weighted by Gasteiger charge is 2.27. The van der Waals surface area contributed by atoms with Crippen LogP contribution < -0.4 is 5.32 Å². The zero-order valence-electron chi connectivity index (χ0n) is 18.6. The Hall–Kier alpha value is -2.97. The maximum absolute atomic E-state index is 13.1. The number of hydrogen-bond acceptors (Lipinski definition) is 4. The fourth-order valence-electron chi connectivity index (χ4n) is 4.05. The first-order valence-electron chi connectivity index (χ1n) is 10.8. The number of anilines is 1. The molecule has 0 aliphatic carbocycles. The fraction of sp³-hybridized carbons (Fsp3) is 0.333. The van der Waals surface area contributed by atoms with Gasteiger partial charge in [-0.1, -0.05) is 12.5 Å². The Morgan fingerprint density at radius 3 is 2.25 bits per heavy atom. The highest BCUT2D eigenvalue weighted by molar-refractivity contribution is 7.89. The normalized spacial score (nSPS) is 15.0. The third kappa shape index (κ3) is 4.47. The van der Waals surface area contributed by atoms with Gasteiger partial charge >= 0.3 is 0 Å². The summed E-state index contributed by atoms with van der Waals surface area (Å²) in [6, 6.07) is 14.2. The summed E-state index contributed by atoms with van der Waals surface area (Å²) in [4.78, 5) is 13.0. The molecule has 1 aliphatic rings. The molecule has 0 unspecified atom stereocenters. The molecule has 1 amide bonds. The molecule has 1 N–H and O–H groups in total. The maximum atomic E-state index is 13.1. The highest BCUT2D eigenvalue weighted by atomic mass is 32.2. The monoisotopic (exact) mass is 452 g/mol. The molecule has 1 fully saturated rings. The first-order valence-corrected chi connectivity index (χ1v) is 12.3. The summed E-state index contributed by atoms with van der Waals surface area (Å²) in [5, 5.41) is 7.29. The number of nitrogens with one attached hydrogen (secondary N) is 1. The van der Waals surface area contributed by atoms with Gasteiger partial charge in [0.2, 0.25) is 10.0 Å². The van der Waals surface area contributed by atoms with Crippen molar-refractivity contribution in [3.05, 3.63) is 71.0 Å². The number of nitrogens with zero attached hydrogens (tertiary/aromatic N) is 3. The van der Waals surface area contributed by atoms with Gasteiger partial charge in [-0.05, 0) is 81.6 Å². The number of hydrogen-bond donors (Lipinski definition) is 1. The molecule has 1 aromatic heterocycles. The van der Waals surface area contributed by atoms with Crippen molar-refractivity contribution < 1.29 is 13.2 Å². The first-order chi connectivity index (χ1) is 15.3. The van der Waals surface area contributed by atoms with E-state index in [-0.39, 0.29) is 10.8 Å². The number of aryl methyl sites for hydroxylation is 3. The molecule has 0 atom stereocenters. The second-order valence-electron chi connectivity index (χ2n) is 8.28. The van der Waals surface area contributed by atoms with Crippen LogP contribution in [0.2, 0.25) is 0 Å². The van der Waals surface area contributed by atoms with E-state index < -0.39 is 10.0 Å². The minimum atomic E-state index is -3.58. The molecule has 0 bridgehead atoms. The van der Waals surface area contributed by atoms with E-state index in [1.807, 2.05) is 36.7 Å². The first kappa shape index (κ1) is 22.2. The number of amides is 1. The van der Waals surface area contributed by atoms with E-state index in [9.17, 15) is 13.2 Å². The van der Waals surface area contributed by atoms with Gasteiger partial charge in [0.05, 0.1) is 16.3 Å². The molecule has 2 heterocycles. The SMILES string of the molecule is Cc1cc(C)n(-c2ccc(C(=O)Nc3ccc(C)c(S(=O)(=O)N4CCCCC4)c3)cc2)n1. The van der Waals surface area contributed by atoms with Crippen LogP contribution in [0, 0.1) is 20.8 Å².